The van der Waals surface area contributed by atoms with E-state index >= 15 is 0 Å². The molecule has 2 heterocycles. The number of hydrogen-bond acceptors (Lipinski definition) is 2. The van der Waals surface area contributed by atoms with Gasteiger partial charge in [0.1, 0.15) is 5.82 Å². The zero-order valence-corrected chi connectivity index (χ0v) is 16.0. The molecule has 6 heteroatoms. The van der Waals surface area contributed by atoms with Crippen molar-refractivity contribution < 1.29 is 14.0 Å². The molecule has 1 aromatic heterocycles. The molecule has 0 unspecified atom stereocenters. The van der Waals surface area contributed by atoms with Gasteiger partial charge in [-0.1, -0.05) is 13.3 Å². The van der Waals surface area contributed by atoms with Crippen LogP contribution in [0, 0.1) is 19.7 Å². The Morgan fingerprint density at radius 1 is 1.33 bits per heavy atom. The lowest BCUT2D eigenvalue weighted by Gasteiger charge is -2.13. The number of halogens is 1. The summed E-state index contributed by atoms with van der Waals surface area (Å²) in [6, 6.07) is 4.29. The van der Waals surface area contributed by atoms with Crippen LogP contribution >= 0.6 is 0 Å². The Bertz CT molecular complexity index is 943. The van der Waals surface area contributed by atoms with Crippen LogP contribution in [0.5, 0.6) is 0 Å². The first-order chi connectivity index (χ1) is 12.8. The van der Waals surface area contributed by atoms with E-state index in [1.54, 1.807) is 12.1 Å². The van der Waals surface area contributed by atoms with Crippen LogP contribution in [0.2, 0.25) is 0 Å². The van der Waals surface area contributed by atoms with Gasteiger partial charge < -0.3 is 15.6 Å². The molecule has 0 radical (unpaired) electrons. The summed E-state index contributed by atoms with van der Waals surface area (Å²) in [5, 5.41) is 5.74. The minimum Gasteiger partial charge on any atom is -0.358 e. The third kappa shape index (κ3) is 3.65. The molecule has 1 atom stereocenters. The Morgan fingerprint density at radius 3 is 2.78 bits per heavy atom. The molecule has 0 spiro atoms. The molecular weight excluding hydrogens is 345 g/mol. The van der Waals surface area contributed by atoms with Gasteiger partial charge in [0.2, 0.25) is 0 Å². The number of aromatic nitrogens is 1. The Hall–Kier alpha value is -2.89. The van der Waals surface area contributed by atoms with Gasteiger partial charge in [-0.15, -0.1) is 0 Å². The molecule has 0 bridgehead atoms. The van der Waals surface area contributed by atoms with Gasteiger partial charge in [0.15, 0.2) is 0 Å². The Balaban J connectivity index is 1.96. The van der Waals surface area contributed by atoms with Crippen molar-refractivity contribution in [2.24, 2.45) is 0 Å². The molecular formula is C21H24FN3O2. The molecule has 2 aromatic rings. The predicted octanol–water partition coefficient (Wildman–Crippen LogP) is 4.18. The second-order valence-electron chi connectivity index (χ2n) is 7.03. The molecule has 1 aliphatic heterocycles. The topological polar surface area (TPSA) is 74.0 Å². The molecule has 3 rings (SSSR count). The molecule has 3 N–H and O–H groups in total. The lowest BCUT2D eigenvalue weighted by atomic mass is 10.0. The summed E-state index contributed by atoms with van der Waals surface area (Å²) in [4.78, 5) is 28.1. The summed E-state index contributed by atoms with van der Waals surface area (Å²) < 4.78 is 13.6. The molecule has 0 fully saturated rings. The van der Waals surface area contributed by atoms with Crippen molar-refractivity contribution in [3.8, 4) is 0 Å². The number of aryl methyl sites for hydroxylation is 1. The SMILES string of the molecule is CCC[C@@H](C)NC(=O)c1c(C)[nH]c(/C=C2\C(=O)Nc3ccc(F)cc32)c1C. The summed E-state index contributed by atoms with van der Waals surface area (Å²) in [6.07, 6.45) is 3.58. The lowest BCUT2D eigenvalue weighted by Crippen LogP contribution is -2.32. The van der Waals surface area contributed by atoms with Crippen molar-refractivity contribution in [3.05, 3.63) is 52.1 Å². The number of carbonyl (C=O) groups is 2. The van der Waals surface area contributed by atoms with E-state index in [4.69, 9.17) is 0 Å². The molecule has 1 aromatic carbocycles. The number of benzene rings is 1. The van der Waals surface area contributed by atoms with Crippen LogP contribution in [0.3, 0.4) is 0 Å². The second kappa shape index (κ2) is 7.39. The maximum Gasteiger partial charge on any atom is 0.256 e. The fraction of sp³-hybridized carbons (Fsp3) is 0.333. The Morgan fingerprint density at radius 2 is 2.07 bits per heavy atom. The van der Waals surface area contributed by atoms with E-state index in [0.717, 1.165) is 24.1 Å². The van der Waals surface area contributed by atoms with Crippen LogP contribution in [0.15, 0.2) is 18.2 Å². The van der Waals surface area contributed by atoms with Gasteiger partial charge >= 0.3 is 0 Å². The number of amides is 2. The van der Waals surface area contributed by atoms with E-state index < -0.39 is 5.82 Å². The van der Waals surface area contributed by atoms with Gasteiger partial charge in [-0.2, -0.15) is 0 Å². The van der Waals surface area contributed by atoms with E-state index in [-0.39, 0.29) is 17.9 Å². The summed E-state index contributed by atoms with van der Waals surface area (Å²) >= 11 is 0. The third-order valence-corrected chi connectivity index (χ3v) is 4.86. The van der Waals surface area contributed by atoms with Crippen molar-refractivity contribution in [1.82, 2.24) is 10.3 Å². The van der Waals surface area contributed by atoms with Crippen molar-refractivity contribution in [1.29, 1.82) is 0 Å². The number of aromatic amines is 1. The minimum absolute atomic E-state index is 0.0912. The van der Waals surface area contributed by atoms with E-state index in [9.17, 15) is 14.0 Å². The molecule has 5 nitrogen and oxygen atoms in total. The largest absolute Gasteiger partial charge is 0.358 e. The normalized spacial score (nSPS) is 15.6. The molecule has 0 saturated carbocycles. The zero-order chi connectivity index (χ0) is 19.7. The average molecular weight is 369 g/mol. The number of fused-ring (bicyclic) bond motifs is 1. The Kier molecular flexibility index (Phi) is 5.17. The van der Waals surface area contributed by atoms with Gasteiger partial charge in [0, 0.05) is 28.7 Å². The molecule has 27 heavy (non-hydrogen) atoms. The Labute approximate surface area is 158 Å². The van der Waals surface area contributed by atoms with E-state index in [1.807, 2.05) is 20.8 Å². The fourth-order valence-electron chi connectivity index (χ4n) is 3.51. The average Bonchev–Trinajstić information content (AvgIpc) is 3.04. The predicted molar refractivity (Wildman–Crippen MR) is 105 cm³/mol. The van der Waals surface area contributed by atoms with Gasteiger partial charge in [0.05, 0.1) is 11.1 Å². The minimum atomic E-state index is -0.402. The molecule has 1 aliphatic rings. The molecule has 0 saturated heterocycles. The van der Waals surface area contributed by atoms with E-state index in [2.05, 4.69) is 22.5 Å². The number of anilines is 1. The summed E-state index contributed by atoms with van der Waals surface area (Å²) in [7, 11) is 0. The summed E-state index contributed by atoms with van der Waals surface area (Å²) in [5.74, 6) is -0.820. The first-order valence-corrected chi connectivity index (χ1v) is 9.14. The first-order valence-electron chi connectivity index (χ1n) is 9.14. The van der Waals surface area contributed by atoms with Crippen LogP contribution in [0.1, 0.15) is 59.6 Å². The van der Waals surface area contributed by atoms with Crippen molar-refractivity contribution in [2.75, 3.05) is 5.32 Å². The highest BCUT2D eigenvalue weighted by molar-refractivity contribution is 6.34. The van der Waals surface area contributed by atoms with Gasteiger partial charge in [0.25, 0.3) is 11.8 Å². The first kappa shape index (κ1) is 18.9. The maximum atomic E-state index is 13.6. The molecule has 0 aliphatic carbocycles. The highest BCUT2D eigenvalue weighted by Crippen LogP contribution is 2.34. The maximum absolute atomic E-state index is 13.6. The smallest absolute Gasteiger partial charge is 0.256 e. The van der Waals surface area contributed by atoms with Crippen LogP contribution in [0.25, 0.3) is 11.6 Å². The third-order valence-electron chi connectivity index (χ3n) is 4.86. The van der Waals surface area contributed by atoms with Crippen LogP contribution < -0.4 is 10.6 Å². The van der Waals surface area contributed by atoms with Gasteiger partial charge in [-0.05, 0) is 57.0 Å². The van der Waals surface area contributed by atoms with Crippen LogP contribution in [-0.2, 0) is 4.79 Å². The highest BCUT2D eigenvalue weighted by Gasteiger charge is 2.26. The van der Waals surface area contributed by atoms with E-state index in [0.29, 0.717) is 28.1 Å². The lowest BCUT2D eigenvalue weighted by molar-refractivity contribution is -0.110. The summed E-state index contributed by atoms with van der Waals surface area (Å²) in [5.41, 5.74) is 4.23. The molecule has 2 amide bonds. The number of H-pyrrole nitrogens is 1. The van der Waals surface area contributed by atoms with Gasteiger partial charge in [-0.3, -0.25) is 9.59 Å². The number of carbonyl (C=O) groups excluding carboxylic acids is 2. The van der Waals surface area contributed by atoms with Crippen LogP contribution in [-0.4, -0.2) is 22.8 Å². The monoisotopic (exact) mass is 369 g/mol. The molecule has 142 valence electrons. The zero-order valence-electron chi connectivity index (χ0n) is 16.0. The number of nitrogens with one attached hydrogen (secondary N) is 3. The van der Waals surface area contributed by atoms with Crippen molar-refractivity contribution in [2.45, 2.75) is 46.6 Å². The van der Waals surface area contributed by atoms with Gasteiger partial charge in [-0.25, -0.2) is 4.39 Å². The number of rotatable bonds is 5. The van der Waals surface area contributed by atoms with E-state index in [1.165, 1.54) is 12.1 Å². The number of hydrogen-bond donors (Lipinski definition) is 3. The quantitative estimate of drug-likeness (QED) is 0.692. The van der Waals surface area contributed by atoms with Crippen molar-refractivity contribution >= 4 is 29.2 Å². The second-order valence-corrected chi connectivity index (χ2v) is 7.03. The fourth-order valence-corrected chi connectivity index (χ4v) is 3.51. The van der Waals surface area contributed by atoms with Crippen LogP contribution in [0.4, 0.5) is 10.1 Å². The summed E-state index contributed by atoms with van der Waals surface area (Å²) in [6.45, 7) is 7.73. The standard InChI is InChI=1S/C21H24FN3O2/c1-5-6-11(2)23-21(27)19-12(3)18(24-13(19)4)10-16-15-9-14(22)7-8-17(15)25-20(16)26/h7-11,24H,5-6H2,1-4H3,(H,23,27)(H,25,26)/b16-10-/t11-/m1/s1. The highest BCUT2D eigenvalue weighted by atomic mass is 19.1. The van der Waals surface area contributed by atoms with Crippen molar-refractivity contribution in [3.63, 3.8) is 0 Å².